The van der Waals surface area contributed by atoms with Crippen molar-refractivity contribution in [3.05, 3.63) is 64.0 Å². The second kappa shape index (κ2) is 4.58. The molecule has 0 fully saturated rings. The fraction of sp³-hybridized carbons (Fsp3) is 0. The maximum absolute atomic E-state index is 11.7. The summed E-state index contributed by atoms with van der Waals surface area (Å²) in [7, 11) is 0. The topological polar surface area (TPSA) is 38.7 Å². The first kappa shape index (κ1) is 10.9. The predicted molar refractivity (Wildman–Crippen MR) is 71.4 cm³/mol. The maximum Gasteiger partial charge on any atom is 0.316 e. The van der Waals surface area contributed by atoms with Gasteiger partial charge in [0.15, 0.2) is 5.76 Å². The molecule has 18 heavy (non-hydrogen) atoms. The highest BCUT2D eigenvalue weighted by atomic mass is 32.1. The van der Waals surface area contributed by atoms with Gasteiger partial charge in [-0.1, -0.05) is 24.3 Å². The lowest BCUT2D eigenvalue weighted by molar-refractivity contribution is -0.115. The van der Waals surface area contributed by atoms with Crippen LogP contribution in [0.4, 0.5) is 0 Å². The minimum atomic E-state index is -0.331. The van der Waals surface area contributed by atoms with Gasteiger partial charge in [-0.15, -0.1) is 11.3 Å². The first-order chi connectivity index (χ1) is 8.83. The zero-order chi connectivity index (χ0) is 12.4. The quantitative estimate of drug-likeness (QED) is 0.773. The molecule has 1 aromatic carbocycles. The molecule has 3 rings (SSSR count). The Morgan fingerprint density at radius 3 is 2.67 bits per heavy atom. The van der Waals surface area contributed by atoms with Crippen LogP contribution in [0.1, 0.15) is 10.4 Å². The van der Waals surface area contributed by atoms with E-state index in [1.807, 2.05) is 47.8 Å². The molecule has 3 nitrogen and oxygen atoms in total. The molecule has 0 saturated carbocycles. The molecule has 1 aromatic heterocycles. The molecule has 0 unspecified atom stereocenters. The molecule has 0 bridgehead atoms. The van der Waals surface area contributed by atoms with Crippen molar-refractivity contribution in [3.63, 3.8) is 0 Å². The highest BCUT2D eigenvalue weighted by Gasteiger charge is 2.23. The van der Waals surface area contributed by atoms with Crippen LogP contribution in [0.2, 0.25) is 0 Å². The molecule has 2 heterocycles. The van der Waals surface area contributed by atoms with Crippen molar-refractivity contribution in [2.24, 2.45) is 4.99 Å². The zero-order valence-electron chi connectivity index (χ0n) is 9.37. The summed E-state index contributed by atoms with van der Waals surface area (Å²) < 4.78 is 5.50. The van der Waals surface area contributed by atoms with Gasteiger partial charge in [-0.3, -0.25) is 4.79 Å². The third-order valence-electron chi connectivity index (χ3n) is 2.46. The van der Waals surface area contributed by atoms with Crippen molar-refractivity contribution in [2.75, 3.05) is 0 Å². The van der Waals surface area contributed by atoms with E-state index in [0.717, 1.165) is 10.4 Å². The molecule has 1 amide bonds. The van der Waals surface area contributed by atoms with Crippen LogP contribution in [0.15, 0.2) is 58.6 Å². The number of hydrogen-bond donors (Lipinski definition) is 0. The average Bonchev–Trinajstić information content (AvgIpc) is 3.02. The number of rotatable bonds is 2. The highest BCUT2D eigenvalue weighted by Crippen LogP contribution is 2.20. The van der Waals surface area contributed by atoms with Gasteiger partial charge in [0.1, 0.15) is 0 Å². The Morgan fingerprint density at radius 1 is 1.11 bits per heavy atom. The first-order valence-electron chi connectivity index (χ1n) is 5.44. The van der Waals surface area contributed by atoms with Crippen LogP contribution in [-0.4, -0.2) is 11.8 Å². The molecule has 0 radical (unpaired) electrons. The summed E-state index contributed by atoms with van der Waals surface area (Å²) in [6, 6.07) is 13.2. The van der Waals surface area contributed by atoms with E-state index in [4.69, 9.17) is 4.74 Å². The van der Waals surface area contributed by atoms with E-state index >= 15 is 0 Å². The predicted octanol–water partition coefficient (Wildman–Crippen LogP) is 3.09. The summed E-state index contributed by atoms with van der Waals surface area (Å²) in [6.45, 7) is 0. The third kappa shape index (κ3) is 2.10. The molecule has 0 N–H and O–H groups in total. The van der Waals surface area contributed by atoms with Gasteiger partial charge >= 0.3 is 5.91 Å². The van der Waals surface area contributed by atoms with E-state index in [1.165, 1.54) is 0 Å². The second-order valence-corrected chi connectivity index (χ2v) is 4.69. The van der Waals surface area contributed by atoms with Crippen LogP contribution in [0.25, 0.3) is 6.08 Å². The number of ether oxygens (including phenoxy) is 1. The standard InChI is InChI=1S/C14H9NO2S/c16-13-12(9-11-7-4-8-18-11)17-14(15-13)10-5-2-1-3-6-10/h1-9H/b12-9+. The number of thiophene rings is 1. The van der Waals surface area contributed by atoms with Crippen LogP contribution >= 0.6 is 11.3 Å². The van der Waals surface area contributed by atoms with Crippen molar-refractivity contribution in [1.29, 1.82) is 0 Å². The fourth-order valence-electron chi connectivity index (χ4n) is 1.62. The molecular formula is C14H9NO2S. The van der Waals surface area contributed by atoms with E-state index in [9.17, 15) is 4.79 Å². The Bertz CT molecular complexity index is 627. The number of carbonyl (C=O) groups is 1. The van der Waals surface area contributed by atoms with E-state index in [0.29, 0.717) is 5.90 Å². The maximum atomic E-state index is 11.7. The summed E-state index contributed by atoms with van der Waals surface area (Å²) in [4.78, 5) is 16.6. The van der Waals surface area contributed by atoms with Crippen molar-refractivity contribution in [3.8, 4) is 0 Å². The van der Waals surface area contributed by atoms with Gasteiger partial charge < -0.3 is 4.74 Å². The Balaban J connectivity index is 1.87. The van der Waals surface area contributed by atoms with Gasteiger partial charge in [-0.05, 0) is 23.6 Å². The smallest absolute Gasteiger partial charge is 0.316 e. The number of amides is 1. The Labute approximate surface area is 108 Å². The van der Waals surface area contributed by atoms with Crippen LogP contribution in [-0.2, 0) is 9.53 Å². The van der Waals surface area contributed by atoms with Gasteiger partial charge in [0.05, 0.1) is 0 Å². The van der Waals surface area contributed by atoms with Gasteiger partial charge in [-0.25, -0.2) is 0 Å². The lowest BCUT2D eigenvalue weighted by atomic mass is 10.2. The largest absolute Gasteiger partial charge is 0.432 e. The highest BCUT2D eigenvalue weighted by molar-refractivity contribution is 7.10. The van der Waals surface area contributed by atoms with Gasteiger partial charge in [0, 0.05) is 16.5 Å². The van der Waals surface area contributed by atoms with Crippen LogP contribution in [0, 0.1) is 0 Å². The minimum absolute atomic E-state index is 0.274. The molecule has 0 atom stereocenters. The van der Waals surface area contributed by atoms with Gasteiger partial charge in [-0.2, -0.15) is 4.99 Å². The van der Waals surface area contributed by atoms with Crippen molar-refractivity contribution < 1.29 is 9.53 Å². The summed E-state index contributed by atoms with van der Waals surface area (Å²) in [5.74, 6) is 0.307. The Hall–Kier alpha value is -2.20. The van der Waals surface area contributed by atoms with E-state index in [1.54, 1.807) is 17.4 Å². The Morgan fingerprint density at radius 2 is 1.94 bits per heavy atom. The summed E-state index contributed by atoms with van der Waals surface area (Å²) >= 11 is 1.55. The van der Waals surface area contributed by atoms with Crippen molar-refractivity contribution in [2.45, 2.75) is 0 Å². The van der Waals surface area contributed by atoms with Crippen molar-refractivity contribution in [1.82, 2.24) is 0 Å². The molecule has 4 heteroatoms. The molecule has 1 aliphatic heterocycles. The molecule has 0 saturated heterocycles. The van der Waals surface area contributed by atoms with E-state index in [2.05, 4.69) is 4.99 Å². The van der Waals surface area contributed by atoms with Gasteiger partial charge in [0.25, 0.3) is 0 Å². The molecule has 0 aliphatic carbocycles. The minimum Gasteiger partial charge on any atom is -0.432 e. The lowest BCUT2D eigenvalue weighted by Crippen LogP contribution is -1.99. The number of hydrogen-bond acceptors (Lipinski definition) is 3. The lowest BCUT2D eigenvalue weighted by Gasteiger charge is -2.00. The fourth-order valence-corrected chi connectivity index (χ4v) is 2.26. The monoisotopic (exact) mass is 255 g/mol. The van der Waals surface area contributed by atoms with E-state index < -0.39 is 0 Å². The number of aliphatic imine (C=N–C) groups is 1. The molecular weight excluding hydrogens is 246 g/mol. The van der Waals surface area contributed by atoms with Crippen LogP contribution in [0.3, 0.4) is 0 Å². The summed E-state index contributed by atoms with van der Waals surface area (Å²) in [6.07, 6.45) is 1.71. The number of carbonyl (C=O) groups excluding carboxylic acids is 1. The van der Waals surface area contributed by atoms with Gasteiger partial charge in [0.2, 0.25) is 5.90 Å². The first-order valence-corrected chi connectivity index (χ1v) is 6.32. The third-order valence-corrected chi connectivity index (χ3v) is 3.28. The second-order valence-electron chi connectivity index (χ2n) is 3.71. The molecule has 88 valence electrons. The van der Waals surface area contributed by atoms with Crippen molar-refractivity contribution >= 4 is 29.2 Å². The van der Waals surface area contributed by atoms with E-state index in [-0.39, 0.29) is 11.7 Å². The Kier molecular flexibility index (Phi) is 2.78. The normalized spacial score (nSPS) is 16.8. The molecule has 1 aliphatic rings. The summed E-state index contributed by atoms with van der Waals surface area (Å²) in [5, 5.41) is 1.95. The number of nitrogens with zero attached hydrogens (tertiary/aromatic N) is 1. The molecule has 0 spiro atoms. The SMILES string of the molecule is O=C1N=C(c2ccccc2)O/C1=C/c1cccs1. The van der Waals surface area contributed by atoms with Crippen LogP contribution in [0.5, 0.6) is 0 Å². The zero-order valence-corrected chi connectivity index (χ0v) is 10.2. The van der Waals surface area contributed by atoms with Crippen LogP contribution < -0.4 is 0 Å². The molecule has 2 aromatic rings. The summed E-state index contributed by atoms with van der Waals surface area (Å²) in [5.41, 5.74) is 0.806. The number of benzene rings is 1. The average molecular weight is 255 g/mol.